The lowest BCUT2D eigenvalue weighted by atomic mass is 9.83. The Morgan fingerprint density at radius 1 is 0.920 bits per heavy atom. The van der Waals surface area contributed by atoms with Gasteiger partial charge in [-0.2, -0.15) is 0 Å². The van der Waals surface area contributed by atoms with Crippen LogP contribution in [0.25, 0.3) is 10.9 Å². The lowest BCUT2D eigenvalue weighted by molar-refractivity contribution is 0.435. The monoisotopic (exact) mass is 330 g/mol. The second-order valence-corrected chi connectivity index (χ2v) is 7.05. The Kier molecular flexibility index (Phi) is 4.69. The van der Waals surface area contributed by atoms with Crippen molar-refractivity contribution in [3.8, 4) is 0 Å². The Labute approximate surface area is 150 Å². The third-order valence-corrected chi connectivity index (χ3v) is 5.41. The largest absolute Gasteiger partial charge is 0.355 e. The van der Waals surface area contributed by atoms with Crippen LogP contribution in [0.2, 0.25) is 0 Å². The van der Waals surface area contributed by atoms with Gasteiger partial charge in [0.2, 0.25) is 0 Å². The molecule has 1 aliphatic rings. The van der Waals surface area contributed by atoms with Crippen molar-refractivity contribution in [1.29, 1.82) is 0 Å². The molecule has 0 aliphatic heterocycles. The molecular formula is C23H26N2. The fourth-order valence-electron chi connectivity index (χ4n) is 4.15. The molecule has 0 saturated heterocycles. The van der Waals surface area contributed by atoms with E-state index in [0.29, 0.717) is 5.92 Å². The highest BCUT2D eigenvalue weighted by atomic mass is 14.9. The van der Waals surface area contributed by atoms with Crippen LogP contribution < -0.4 is 5.32 Å². The van der Waals surface area contributed by atoms with Crippen molar-refractivity contribution in [3.63, 3.8) is 0 Å². The summed E-state index contributed by atoms with van der Waals surface area (Å²) in [5.74, 6) is 0.615. The average molecular weight is 330 g/mol. The number of hydrogen-bond donors (Lipinski definition) is 1. The number of fused-ring (bicyclic) bond motifs is 1. The summed E-state index contributed by atoms with van der Waals surface area (Å²) in [7, 11) is 0. The molecule has 0 spiro atoms. The van der Waals surface area contributed by atoms with E-state index in [1.54, 1.807) is 0 Å². The molecule has 128 valence electrons. The second-order valence-electron chi connectivity index (χ2n) is 7.05. The van der Waals surface area contributed by atoms with E-state index in [1.165, 1.54) is 54.4 Å². The molecule has 25 heavy (non-hydrogen) atoms. The summed E-state index contributed by atoms with van der Waals surface area (Å²) in [5, 5.41) is 4.93. The van der Waals surface area contributed by atoms with E-state index >= 15 is 0 Å². The van der Waals surface area contributed by atoms with Crippen LogP contribution >= 0.6 is 0 Å². The number of hydrogen-bond acceptors (Lipinski definition) is 2. The summed E-state index contributed by atoms with van der Waals surface area (Å²) in [6.45, 7) is 2.26. The molecule has 2 nitrogen and oxygen atoms in total. The van der Waals surface area contributed by atoms with Gasteiger partial charge in [0, 0.05) is 22.7 Å². The second kappa shape index (κ2) is 7.26. The van der Waals surface area contributed by atoms with Crippen molar-refractivity contribution in [2.75, 3.05) is 5.32 Å². The average Bonchev–Trinajstić information content (AvgIpc) is 2.69. The van der Waals surface area contributed by atoms with Gasteiger partial charge in [-0.25, -0.2) is 0 Å². The van der Waals surface area contributed by atoms with Gasteiger partial charge in [-0.05, 0) is 43.0 Å². The first-order valence-electron chi connectivity index (χ1n) is 9.60. The maximum absolute atomic E-state index is 5.13. The van der Waals surface area contributed by atoms with Crippen LogP contribution in [0.1, 0.15) is 56.2 Å². The number of para-hydroxylation sites is 2. The molecule has 2 aromatic carbocycles. The Hall–Kier alpha value is -2.35. The van der Waals surface area contributed by atoms with E-state index in [0.717, 1.165) is 17.6 Å². The van der Waals surface area contributed by atoms with Gasteiger partial charge >= 0.3 is 0 Å². The molecule has 2 heteroatoms. The molecule has 0 bridgehead atoms. The van der Waals surface area contributed by atoms with E-state index < -0.39 is 0 Å². The van der Waals surface area contributed by atoms with E-state index in [1.807, 2.05) is 0 Å². The zero-order valence-corrected chi connectivity index (χ0v) is 15.0. The minimum Gasteiger partial charge on any atom is -0.355 e. The number of aromatic nitrogens is 1. The van der Waals surface area contributed by atoms with Gasteiger partial charge < -0.3 is 5.32 Å². The van der Waals surface area contributed by atoms with Crippen LogP contribution in [-0.4, -0.2) is 4.98 Å². The van der Waals surface area contributed by atoms with Crippen molar-refractivity contribution < 1.29 is 0 Å². The Morgan fingerprint density at radius 3 is 2.40 bits per heavy atom. The Bertz CT molecular complexity index is 849. The van der Waals surface area contributed by atoms with Gasteiger partial charge in [-0.15, -0.1) is 0 Å². The minimum atomic E-state index is 0.615. The molecular weight excluding hydrogens is 304 g/mol. The number of rotatable bonds is 4. The highest BCUT2D eigenvalue weighted by Crippen LogP contribution is 2.39. The maximum Gasteiger partial charge on any atom is 0.0726 e. The predicted molar refractivity (Wildman–Crippen MR) is 107 cm³/mol. The van der Waals surface area contributed by atoms with Crippen molar-refractivity contribution in [2.24, 2.45) is 0 Å². The van der Waals surface area contributed by atoms with E-state index in [9.17, 15) is 0 Å². The van der Waals surface area contributed by atoms with Gasteiger partial charge in [0.1, 0.15) is 0 Å². The first kappa shape index (κ1) is 16.1. The van der Waals surface area contributed by atoms with Crippen molar-refractivity contribution in [2.45, 2.75) is 51.4 Å². The molecule has 1 N–H and O–H groups in total. The summed E-state index contributed by atoms with van der Waals surface area (Å²) in [6.07, 6.45) is 7.62. The lowest BCUT2D eigenvalue weighted by Gasteiger charge is -2.26. The molecule has 0 unspecified atom stereocenters. The third-order valence-electron chi connectivity index (χ3n) is 5.41. The van der Waals surface area contributed by atoms with Crippen LogP contribution in [0, 0.1) is 0 Å². The van der Waals surface area contributed by atoms with E-state index in [2.05, 4.69) is 66.8 Å². The van der Waals surface area contributed by atoms with Crippen LogP contribution in [-0.2, 0) is 6.42 Å². The first-order valence-corrected chi connectivity index (χ1v) is 9.60. The Morgan fingerprint density at radius 2 is 1.64 bits per heavy atom. The van der Waals surface area contributed by atoms with Crippen molar-refractivity contribution >= 4 is 22.3 Å². The quantitative estimate of drug-likeness (QED) is 0.584. The molecule has 1 aliphatic carbocycles. The Balaban J connectivity index is 1.88. The number of pyridine rings is 1. The number of benzene rings is 2. The molecule has 1 saturated carbocycles. The first-order chi connectivity index (χ1) is 12.4. The molecule has 4 rings (SSSR count). The van der Waals surface area contributed by atoms with Crippen LogP contribution in [0.3, 0.4) is 0 Å². The lowest BCUT2D eigenvalue weighted by Crippen LogP contribution is -2.12. The predicted octanol–water partition coefficient (Wildman–Crippen LogP) is 6.59. The van der Waals surface area contributed by atoms with Crippen LogP contribution in [0.15, 0.2) is 54.6 Å². The fourth-order valence-corrected chi connectivity index (χ4v) is 4.15. The molecule has 1 fully saturated rings. The van der Waals surface area contributed by atoms with Gasteiger partial charge in [-0.3, -0.25) is 4.98 Å². The van der Waals surface area contributed by atoms with Crippen molar-refractivity contribution in [1.82, 2.24) is 4.98 Å². The summed E-state index contributed by atoms with van der Waals surface area (Å²) in [6, 6.07) is 19.0. The van der Waals surface area contributed by atoms with Crippen LogP contribution in [0.5, 0.6) is 0 Å². The topological polar surface area (TPSA) is 24.9 Å². The summed E-state index contributed by atoms with van der Waals surface area (Å²) in [5.41, 5.74) is 6.23. The summed E-state index contributed by atoms with van der Waals surface area (Å²) in [4.78, 5) is 5.13. The molecule has 0 radical (unpaired) electrons. The molecule has 0 amide bonds. The van der Waals surface area contributed by atoms with Gasteiger partial charge in [-0.1, -0.05) is 62.6 Å². The van der Waals surface area contributed by atoms with Gasteiger partial charge in [0.25, 0.3) is 0 Å². The number of anilines is 2. The molecule has 1 aromatic heterocycles. The molecule has 1 heterocycles. The van der Waals surface area contributed by atoms with E-state index in [4.69, 9.17) is 4.98 Å². The van der Waals surface area contributed by atoms with Crippen molar-refractivity contribution in [3.05, 3.63) is 65.9 Å². The van der Waals surface area contributed by atoms with Crippen LogP contribution in [0.4, 0.5) is 11.4 Å². The molecule has 3 aromatic rings. The van der Waals surface area contributed by atoms with E-state index in [-0.39, 0.29) is 0 Å². The summed E-state index contributed by atoms with van der Waals surface area (Å²) < 4.78 is 0. The fraction of sp³-hybridized carbons (Fsp3) is 0.348. The normalized spacial score (nSPS) is 15.4. The number of nitrogens with one attached hydrogen (secondary N) is 1. The highest BCUT2D eigenvalue weighted by Gasteiger charge is 2.23. The minimum absolute atomic E-state index is 0.615. The maximum atomic E-state index is 5.13. The smallest absolute Gasteiger partial charge is 0.0726 e. The summed E-state index contributed by atoms with van der Waals surface area (Å²) >= 11 is 0. The third kappa shape index (κ3) is 3.26. The standard InChI is InChI=1S/C23H26N2/c1-2-19-22(17-11-5-3-6-12-17)25-21-16-10-9-15-20(21)23(19)24-18-13-7-4-8-14-18/h4,7-10,13-17H,2-3,5-6,11-12H2,1H3,(H,24,25). The van der Waals surface area contributed by atoms with Gasteiger partial charge in [0.15, 0.2) is 0 Å². The number of nitrogens with zero attached hydrogens (tertiary/aromatic N) is 1. The molecule has 0 atom stereocenters. The highest BCUT2D eigenvalue weighted by molar-refractivity contribution is 5.95. The zero-order chi connectivity index (χ0) is 17.1. The SMILES string of the molecule is CCc1c(C2CCCCC2)nc2ccccc2c1Nc1ccccc1. The zero-order valence-electron chi connectivity index (χ0n) is 15.0. The van der Waals surface area contributed by atoms with Gasteiger partial charge in [0.05, 0.1) is 11.2 Å².